The first-order chi connectivity index (χ1) is 14.9. The Kier molecular flexibility index (Phi) is 8.43. The van der Waals surface area contributed by atoms with Crippen molar-refractivity contribution >= 4 is 29.2 Å². The van der Waals surface area contributed by atoms with Crippen LogP contribution < -0.4 is 15.4 Å². The summed E-state index contributed by atoms with van der Waals surface area (Å²) in [7, 11) is 0. The van der Waals surface area contributed by atoms with Gasteiger partial charge in [0.1, 0.15) is 10.8 Å². The predicted molar refractivity (Wildman–Crippen MR) is 114 cm³/mol. The maximum Gasteiger partial charge on any atom is 0.392 e. The van der Waals surface area contributed by atoms with Gasteiger partial charge in [0.2, 0.25) is 11.8 Å². The monoisotopic (exact) mass is 472 g/mol. The zero-order chi connectivity index (χ0) is 24.1. The van der Waals surface area contributed by atoms with Crippen molar-refractivity contribution < 1.29 is 27.5 Å². The summed E-state index contributed by atoms with van der Waals surface area (Å²) >= 11 is 6.00. The first-order valence-corrected chi connectivity index (χ1v) is 10.2. The van der Waals surface area contributed by atoms with Crippen LogP contribution in [0.2, 0.25) is 5.02 Å². The Balaban J connectivity index is 2.06. The van der Waals surface area contributed by atoms with Crippen LogP contribution in [0.3, 0.4) is 0 Å². The van der Waals surface area contributed by atoms with Crippen LogP contribution in [0, 0.1) is 12.8 Å². The number of rotatable bonds is 8. The van der Waals surface area contributed by atoms with Crippen LogP contribution in [0.1, 0.15) is 54.8 Å². The number of pyridine rings is 2. The molecule has 1 unspecified atom stereocenters. The van der Waals surface area contributed by atoms with Crippen LogP contribution in [-0.2, 0) is 4.79 Å². The Bertz CT molecular complexity index is 983. The fraction of sp³-hybridized carbons (Fsp3) is 0.429. The molecule has 11 heteroatoms. The summed E-state index contributed by atoms with van der Waals surface area (Å²) in [4.78, 5) is 32.6. The zero-order valence-electron chi connectivity index (χ0n) is 18.0. The minimum absolute atomic E-state index is 0.0779. The molecule has 7 nitrogen and oxygen atoms in total. The lowest BCUT2D eigenvalue weighted by atomic mass is 10.1. The molecule has 174 valence electrons. The van der Waals surface area contributed by atoms with E-state index in [0.717, 1.165) is 5.56 Å². The van der Waals surface area contributed by atoms with E-state index in [1.54, 1.807) is 39.8 Å². The Morgan fingerprint density at radius 1 is 1.19 bits per heavy atom. The van der Waals surface area contributed by atoms with E-state index in [1.165, 1.54) is 12.3 Å². The van der Waals surface area contributed by atoms with Gasteiger partial charge in [0.25, 0.3) is 5.91 Å². The van der Waals surface area contributed by atoms with Gasteiger partial charge < -0.3 is 15.4 Å². The molecule has 0 spiro atoms. The molecule has 0 aliphatic heterocycles. The molecule has 0 saturated heterocycles. The third-order valence-corrected chi connectivity index (χ3v) is 4.56. The number of ether oxygens (including phenoxy) is 1. The number of halogens is 4. The van der Waals surface area contributed by atoms with Gasteiger partial charge in [-0.15, -0.1) is 0 Å². The van der Waals surface area contributed by atoms with Gasteiger partial charge in [-0.3, -0.25) is 9.59 Å². The van der Waals surface area contributed by atoms with Crippen molar-refractivity contribution in [1.82, 2.24) is 15.3 Å². The summed E-state index contributed by atoms with van der Waals surface area (Å²) in [6, 6.07) is 4.27. The van der Waals surface area contributed by atoms with Crippen LogP contribution >= 0.6 is 11.6 Å². The van der Waals surface area contributed by atoms with Gasteiger partial charge in [-0.1, -0.05) is 25.4 Å². The third-order valence-electron chi connectivity index (χ3n) is 4.29. The average Bonchev–Trinajstić information content (AvgIpc) is 2.67. The zero-order valence-corrected chi connectivity index (χ0v) is 18.8. The average molecular weight is 473 g/mol. The maximum atomic E-state index is 12.6. The molecule has 0 radical (unpaired) electrons. The number of anilines is 1. The summed E-state index contributed by atoms with van der Waals surface area (Å²) in [5.74, 6) is -0.684. The standard InChI is InChI=1S/C21H24ClF3N4O3/c1-11(2)18(30)29-17-9-14(7-12(3)27-17)13(4)28-19(31)15-8-16(22)20(26-10-15)32-6-5-21(23,24)25/h7-11,13H,5-6H2,1-4H3,(H,28,31)(H,27,29,30). The van der Waals surface area contributed by atoms with Gasteiger partial charge in [0, 0.05) is 17.8 Å². The summed E-state index contributed by atoms with van der Waals surface area (Å²) in [5, 5.41) is 5.43. The quantitative estimate of drug-likeness (QED) is 0.572. The Morgan fingerprint density at radius 3 is 2.47 bits per heavy atom. The molecule has 0 aliphatic carbocycles. The highest BCUT2D eigenvalue weighted by Gasteiger charge is 2.27. The van der Waals surface area contributed by atoms with Crippen LogP contribution in [0.5, 0.6) is 5.88 Å². The van der Waals surface area contributed by atoms with E-state index < -0.39 is 31.2 Å². The SMILES string of the molecule is Cc1cc(C(C)NC(=O)c2cnc(OCCC(F)(F)F)c(Cl)c2)cc(NC(=O)C(C)C)n1. The highest BCUT2D eigenvalue weighted by atomic mass is 35.5. The Labute approximate surface area is 188 Å². The number of carbonyl (C=O) groups excluding carboxylic acids is 2. The van der Waals surface area contributed by atoms with Gasteiger partial charge in [0.15, 0.2) is 0 Å². The number of carbonyl (C=O) groups is 2. The number of hydrogen-bond donors (Lipinski definition) is 2. The predicted octanol–water partition coefficient (Wildman–Crippen LogP) is 4.86. The molecule has 0 bridgehead atoms. The molecule has 2 aromatic rings. The summed E-state index contributed by atoms with van der Waals surface area (Å²) in [5.41, 5.74) is 1.49. The molecule has 2 amide bonds. The normalized spacial score (nSPS) is 12.4. The largest absolute Gasteiger partial charge is 0.476 e. The Morgan fingerprint density at radius 2 is 1.88 bits per heavy atom. The fourth-order valence-corrected chi connectivity index (χ4v) is 2.78. The van der Waals surface area contributed by atoms with E-state index >= 15 is 0 Å². The molecule has 1 atom stereocenters. The Hall–Kier alpha value is -2.88. The lowest BCUT2D eigenvalue weighted by Crippen LogP contribution is -2.27. The van der Waals surface area contributed by atoms with Gasteiger partial charge in [0.05, 0.1) is 24.6 Å². The molecular formula is C21H24ClF3N4O3. The highest BCUT2D eigenvalue weighted by Crippen LogP contribution is 2.25. The first kappa shape index (κ1) is 25.4. The molecular weight excluding hydrogens is 449 g/mol. The van der Waals surface area contributed by atoms with E-state index in [-0.39, 0.29) is 28.3 Å². The molecule has 2 heterocycles. The fourth-order valence-electron chi connectivity index (χ4n) is 2.56. The lowest BCUT2D eigenvalue weighted by molar-refractivity contribution is -0.139. The second-order valence-electron chi connectivity index (χ2n) is 7.49. The second-order valence-corrected chi connectivity index (χ2v) is 7.90. The van der Waals surface area contributed by atoms with Crippen molar-refractivity contribution in [3.63, 3.8) is 0 Å². The van der Waals surface area contributed by atoms with E-state index in [4.69, 9.17) is 16.3 Å². The summed E-state index contributed by atoms with van der Waals surface area (Å²) < 4.78 is 41.6. The van der Waals surface area contributed by atoms with Crippen molar-refractivity contribution in [2.45, 2.75) is 46.3 Å². The molecule has 32 heavy (non-hydrogen) atoms. The number of amides is 2. The highest BCUT2D eigenvalue weighted by molar-refractivity contribution is 6.32. The molecule has 0 aromatic carbocycles. The molecule has 0 aliphatic rings. The van der Waals surface area contributed by atoms with E-state index in [2.05, 4.69) is 20.6 Å². The number of nitrogens with zero attached hydrogens (tertiary/aromatic N) is 2. The van der Waals surface area contributed by atoms with Gasteiger partial charge >= 0.3 is 6.18 Å². The van der Waals surface area contributed by atoms with Gasteiger partial charge in [-0.25, -0.2) is 9.97 Å². The minimum atomic E-state index is -4.36. The summed E-state index contributed by atoms with van der Waals surface area (Å²) in [6.45, 7) is 6.42. The van der Waals surface area contributed by atoms with E-state index in [0.29, 0.717) is 11.5 Å². The van der Waals surface area contributed by atoms with Crippen molar-refractivity contribution in [3.05, 3.63) is 46.2 Å². The summed E-state index contributed by atoms with van der Waals surface area (Å²) in [6.07, 6.45) is -4.33. The van der Waals surface area contributed by atoms with Crippen LogP contribution in [0.25, 0.3) is 0 Å². The number of alkyl halides is 3. The second kappa shape index (κ2) is 10.6. The van der Waals surface area contributed by atoms with Crippen molar-refractivity contribution in [2.24, 2.45) is 5.92 Å². The number of aromatic nitrogens is 2. The van der Waals surface area contributed by atoms with Gasteiger partial charge in [-0.05, 0) is 37.6 Å². The number of hydrogen-bond acceptors (Lipinski definition) is 5. The third kappa shape index (κ3) is 7.67. The van der Waals surface area contributed by atoms with Crippen LogP contribution in [-0.4, -0.2) is 34.6 Å². The van der Waals surface area contributed by atoms with Crippen molar-refractivity contribution in [1.29, 1.82) is 0 Å². The van der Waals surface area contributed by atoms with Crippen LogP contribution in [0.4, 0.5) is 19.0 Å². The van der Waals surface area contributed by atoms with E-state index in [1.807, 2.05) is 0 Å². The van der Waals surface area contributed by atoms with Crippen molar-refractivity contribution in [3.8, 4) is 5.88 Å². The molecule has 2 rings (SSSR count). The molecule has 2 aromatic heterocycles. The molecule has 0 fully saturated rings. The number of nitrogens with one attached hydrogen (secondary N) is 2. The molecule has 0 saturated carbocycles. The minimum Gasteiger partial charge on any atom is -0.476 e. The van der Waals surface area contributed by atoms with Gasteiger partial charge in [-0.2, -0.15) is 13.2 Å². The van der Waals surface area contributed by atoms with Crippen LogP contribution in [0.15, 0.2) is 24.4 Å². The smallest absolute Gasteiger partial charge is 0.392 e. The molecule has 2 N–H and O–H groups in total. The number of aryl methyl sites for hydroxylation is 1. The first-order valence-electron chi connectivity index (χ1n) is 9.81. The van der Waals surface area contributed by atoms with Crippen molar-refractivity contribution in [2.75, 3.05) is 11.9 Å². The topological polar surface area (TPSA) is 93.2 Å². The van der Waals surface area contributed by atoms with E-state index in [9.17, 15) is 22.8 Å². The lowest BCUT2D eigenvalue weighted by Gasteiger charge is -2.17. The maximum absolute atomic E-state index is 12.6.